The highest BCUT2D eigenvalue weighted by atomic mass is 16.3. The Hall–Kier alpha value is -1.55. The van der Waals surface area contributed by atoms with E-state index in [1.165, 1.54) is 6.07 Å². The topological polar surface area (TPSA) is 69.6 Å². The molecule has 0 aliphatic rings. The van der Waals surface area contributed by atoms with Crippen molar-refractivity contribution in [3.05, 3.63) is 29.3 Å². The molecular weight excluding hydrogens is 230 g/mol. The zero-order valence-corrected chi connectivity index (χ0v) is 11.2. The van der Waals surface area contributed by atoms with Crippen LogP contribution in [0.1, 0.15) is 42.6 Å². The molecule has 0 unspecified atom stereocenters. The van der Waals surface area contributed by atoms with Crippen molar-refractivity contribution in [1.29, 1.82) is 0 Å². The van der Waals surface area contributed by atoms with Crippen LogP contribution in [-0.2, 0) is 0 Å². The van der Waals surface area contributed by atoms with Gasteiger partial charge in [-0.25, -0.2) is 0 Å². The van der Waals surface area contributed by atoms with E-state index in [-0.39, 0.29) is 18.3 Å². The number of carbonyl (C=O) groups is 1. The molecule has 1 aromatic rings. The molecular formula is C14H21NO3. The first-order valence-corrected chi connectivity index (χ1v) is 6.21. The van der Waals surface area contributed by atoms with Gasteiger partial charge < -0.3 is 15.5 Å². The Bertz CT molecular complexity index is 417. The Morgan fingerprint density at radius 1 is 1.33 bits per heavy atom. The van der Waals surface area contributed by atoms with Gasteiger partial charge >= 0.3 is 0 Å². The van der Waals surface area contributed by atoms with E-state index in [0.29, 0.717) is 18.4 Å². The van der Waals surface area contributed by atoms with Gasteiger partial charge in [0, 0.05) is 5.56 Å². The molecule has 1 aromatic carbocycles. The molecule has 0 bridgehead atoms. The second kappa shape index (κ2) is 5.87. The number of aromatic hydroxyl groups is 1. The number of amides is 1. The Morgan fingerprint density at radius 2 is 1.94 bits per heavy atom. The molecule has 1 amide bonds. The smallest absolute Gasteiger partial charge is 0.251 e. The first-order valence-electron chi connectivity index (χ1n) is 6.21. The lowest BCUT2D eigenvalue weighted by atomic mass is 9.93. The molecule has 0 spiro atoms. The van der Waals surface area contributed by atoms with Gasteiger partial charge in [-0.15, -0.1) is 0 Å². The minimum atomic E-state index is -0.586. The summed E-state index contributed by atoms with van der Waals surface area (Å²) in [6, 6.07) is 4.80. The number of carbonyl (C=O) groups excluding carboxylic acids is 1. The van der Waals surface area contributed by atoms with Gasteiger partial charge in [0.05, 0.1) is 12.1 Å². The fraction of sp³-hybridized carbons (Fsp3) is 0.500. The van der Waals surface area contributed by atoms with Gasteiger partial charge in [-0.1, -0.05) is 19.9 Å². The average Bonchev–Trinajstić information content (AvgIpc) is 2.39. The van der Waals surface area contributed by atoms with Gasteiger partial charge in [0.1, 0.15) is 5.75 Å². The van der Waals surface area contributed by atoms with Crippen LogP contribution in [0.2, 0.25) is 0 Å². The van der Waals surface area contributed by atoms with Gasteiger partial charge in [-0.05, 0) is 37.5 Å². The van der Waals surface area contributed by atoms with Gasteiger partial charge in [0.25, 0.3) is 5.91 Å². The number of nitrogens with one attached hydrogen (secondary N) is 1. The van der Waals surface area contributed by atoms with Crippen molar-refractivity contribution in [2.75, 3.05) is 6.61 Å². The van der Waals surface area contributed by atoms with E-state index in [0.717, 1.165) is 5.56 Å². The summed E-state index contributed by atoms with van der Waals surface area (Å²) in [7, 11) is 0. The molecule has 0 saturated carbocycles. The summed E-state index contributed by atoms with van der Waals surface area (Å²) in [5.74, 6) is -0.173. The fourth-order valence-electron chi connectivity index (χ4n) is 1.75. The van der Waals surface area contributed by atoms with Crippen LogP contribution in [0, 0.1) is 6.92 Å². The number of aryl methyl sites for hydroxylation is 1. The van der Waals surface area contributed by atoms with E-state index < -0.39 is 5.54 Å². The van der Waals surface area contributed by atoms with Crippen molar-refractivity contribution in [2.24, 2.45) is 0 Å². The van der Waals surface area contributed by atoms with Gasteiger partial charge in [0.2, 0.25) is 0 Å². The molecule has 0 radical (unpaired) electrons. The first-order chi connectivity index (χ1) is 8.48. The number of phenolic OH excluding ortho intramolecular Hbond substituents is 1. The van der Waals surface area contributed by atoms with E-state index >= 15 is 0 Å². The molecule has 0 aromatic heterocycles. The Labute approximate surface area is 108 Å². The van der Waals surface area contributed by atoms with E-state index in [1.54, 1.807) is 19.1 Å². The summed E-state index contributed by atoms with van der Waals surface area (Å²) in [6.07, 6.45) is 1.31. The lowest BCUT2D eigenvalue weighted by Crippen LogP contribution is -2.50. The summed E-state index contributed by atoms with van der Waals surface area (Å²) in [5, 5.41) is 21.8. The second-order valence-corrected chi connectivity index (χ2v) is 4.60. The predicted molar refractivity (Wildman–Crippen MR) is 70.7 cm³/mol. The third-order valence-electron chi connectivity index (χ3n) is 3.51. The molecule has 0 atom stereocenters. The number of rotatable bonds is 5. The van der Waals surface area contributed by atoms with Crippen molar-refractivity contribution in [3.63, 3.8) is 0 Å². The Morgan fingerprint density at radius 3 is 2.39 bits per heavy atom. The maximum Gasteiger partial charge on any atom is 0.251 e. The van der Waals surface area contributed by atoms with E-state index in [2.05, 4.69) is 5.32 Å². The van der Waals surface area contributed by atoms with Crippen molar-refractivity contribution in [2.45, 2.75) is 39.2 Å². The summed E-state index contributed by atoms with van der Waals surface area (Å²) in [4.78, 5) is 12.1. The lowest BCUT2D eigenvalue weighted by molar-refractivity contribution is 0.0817. The van der Waals surface area contributed by atoms with Gasteiger partial charge in [-0.3, -0.25) is 4.79 Å². The predicted octanol–water partition coefficient (Wildman–Crippen LogP) is 1.98. The number of hydrogen-bond acceptors (Lipinski definition) is 3. The van der Waals surface area contributed by atoms with Crippen LogP contribution in [0.15, 0.2) is 18.2 Å². The highest BCUT2D eigenvalue weighted by Gasteiger charge is 2.27. The van der Waals surface area contributed by atoms with Crippen LogP contribution < -0.4 is 5.32 Å². The van der Waals surface area contributed by atoms with Crippen molar-refractivity contribution in [3.8, 4) is 5.75 Å². The molecule has 0 aliphatic carbocycles. The minimum absolute atomic E-state index is 0.0937. The largest absolute Gasteiger partial charge is 0.508 e. The summed E-state index contributed by atoms with van der Waals surface area (Å²) in [6.45, 7) is 5.52. The summed E-state index contributed by atoms with van der Waals surface area (Å²) < 4.78 is 0. The number of phenols is 1. The van der Waals surface area contributed by atoms with Gasteiger partial charge in [0.15, 0.2) is 0 Å². The normalized spacial score (nSPS) is 11.3. The first kappa shape index (κ1) is 14.5. The quantitative estimate of drug-likeness (QED) is 0.749. The van der Waals surface area contributed by atoms with Crippen molar-refractivity contribution >= 4 is 5.91 Å². The fourth-order valence-corrected chi connectivity index (χ4v) is 1.75. The molecule has 0 fully saturated rings. The zero-order valence-electron chi connectivity index (χ0n) is 11.2. The van der Waals surface area contributed by atoms with Gasteiger partial charge in [-0.2, -0.15) is 0 Å². The number of benzene rings is 1. The summed E-state index contributed by atoms with van der Waals surface area (Å²) in [5.41, 5.74) is 0.543. The third-order valence-corrected chi connectivity index (χ3v) is 3.51. The van der Waals surface area contributed by atoms with Crippen LogP contribution in [0.4, 0.5) is 0 Å². The molecule has 18 heavy (non-hydrogen) atoms. The van der Waals surface area contributed by atoms with E-state index in [4.69, 9.17) is 0 Å². The molecule has 0 aliphatic heterocycles. The van der Waals surface area contributed by atoms with Crippen molar-refractivity contribution < 1.29 is 15.0 Å². The highest BCUT2D eigenvalue weighted by Crippen LogP contribution is 2.19. The standard InChI is InChI=1S/C14H21NO3/c1-4-14(5-2,9-16)15-13(18)11-7-6-10(3)12(17)8-11/h6-8,16-17H,4-5,9H2,1-3H3,(H,15,18). The molecule has 1 rings (SSSR count). The maximum atomic E-state index is 12.1. The minimum Gasteiger partial charge on any atom is -0.508 e. The van der Waals surface area contributed by atoms with Crippen LogP contribution in [0.5, 0.6) is 5.75 Å². The molecule has 100 valence electrons. The SMILES string of the molecule is CCC(CC)(CO)NC(=O)c1ccc(C)c(O)c1. The molecule has 4 nitrogen and oxygen atoms in total. The molecule has 0 heterocycles. The van der Waals surface area contributed by atoms with E-state index in [9.17, 15) is 15.0 Å². The number of aliphatic hydroxyl groups is 1. The number of hydrogen-bond donors (Lipinski definition) is 3. The molecule has 3 N–H and O–H groups in total. The van der Waals surface area contributed by atoms with Crippen LogP contribution in [-0.4, -0.2) is 28.3 Å². The molecule has 0 saturated heterocycles. The zero-order chi connectivity index (χ0) is 13.8. The third kappa shape index (κ3) is 3.01. The number of aliphatic hydroxyl groups excluding tert-OH is 1. The second-order valence-electron chi connectivity index (χ2n) is 4.60. The van der Waals surface area contributed by atoms with Crippen LogP contribution in [0.25, 0.3) is 0 Å². The lowest BCUT2D eigenvalue weighted by Gasteiger charge is -2.30. The Kier molecular flexibility index (Phi) is 4.73. The highest BCUT2D eigenvalue weighted by molar-refractivity contribution is 5.95. The average molecular weight is 251 g/mol. The maximum absolute atomic E-state index is 12.1. The van der Waals surface area contributed by atoms with Crippen LogP contribution in [0.3, 0.4) is 0 Å². The van der Waals surface area contributed by atoms with Crippen molar-refractivity contribution in [1.82, 2.24) is 5.32 Å². The Balaban J connectivity index is 2.90. The monoisotopic (exact) mass is 251 g/mol. The van der Waals surface area contributed by atoms with E-state index in [1.807, 2.05) is 13.8 Å². The summed E-state index contributed by atoms with van der Waals surface area (Å²) >= 11 is 0. The molecule has 4 heteroatoms. The van der Waals surface area contributed by atoms with Crippen LogP contribution >= 0.6 is 0 Å².